The lowest BCUT2D eigenvalue weighted by atomic mass is 10.2. The monoisotopic (exact) mass is 267 g/mol. The topological polar surface area (TPSA) is 58.4 Å². The highest BCUT2D eigenvalue weighted by Gasteiger charge is 2.18. The minimum Gasteiger partial charge on any atom is -0.397 e. The molecule has 0 saturated carbocycles. The molecule has 4 nitrogen and oxygen atoms in total. The van der Waals surface area contributed by atoms with Gasteiger partial charge in [-0.2, -0.15) is 0 Å². The van der Waals surface area contributed by atoms with Crippen molar-refractivity contribution in [1.82, 2.24) is 5.32 Å². The largest absolute Gasteiger partial charge is 0.397 e. The number of amides is 1. The summed E-state index contributed by atoms with van der Waals surface area (Å²) in [4.78, 5) is 14.8. The number of hydrogen-bond donors (Lipinski definition) is 2. The quantitative estimate of drug-likeness (QED) is 0.884. The summed E-state index contributed by atoms with van der Waals surface area (Å²) in [6.45, 7) is 4.70. The molecule has 1 aliphatic rings. The molecule has 0 aromatic carbocycles. The summed E-state index contributed by atoms with van der Waals surface area (Å²) in [6, 6.07) is 1.94. The molecule has 1 amide bonds. The van der Waals surface area contributed by atoms with Crippen molar-refractivity contribution in [2.45, 2.75) is 32.6 Å². The smallest absolute Gasteiger partial charge is 0.263 e. The Morgan fingerprint density at radius 3 is 2.67 bits per heavy atom. The highest BCUT2D eigenvalue weighted by Crippen LogP contribution is 2.33. The van der Waals surface area contributed by atoms with Crippen LogP contribution in [-0.2, 0) is 0 Å². The third kappa shape index (κ3) is 2.96. The standard InChI is InChI=1S/C13H21N3OS/c1-2-15-13(17)12-10(14)9-11(18-12)16-7-5-3-4-6-8-16/h9H,2-8,14H2,1H3,(H,15,17). The van der Waals surface area contributed by atoms with Crippen LogP contribution in [0.1, 0.15) is 42.3 Å². The van der Waals surface area contributed by atoms with E-state index in [1.165, 1.54) is 37.0 Å². The van der Waals surface area contributed by atoms with E-state index >= 15 is 0 Å². The van der Waals surface area contributed by atoms with E-state index < -0.39 is 0 Å². The van der Waals surface area contributed by atoms with E-state index in [1.807, 2.05) is 13.0 Å². The van der Waals surface area contributed by atoms with Crippen LogP contribution in [0.5, 0.6) is 0 Å². The fraction of sp³-hybridized carbons (Fsp3) is 0.615. The van der Waals surface area contributed by atoms with Crippen LogP contribution in [0.2, 0.25) is 0 Å². The Morgan fingerprint density at radius 1 is 1.39 bits per heavy atom. The first-order chi connectivity index (χ1) is 8.72. The molecule has 18 heavy (non-hydrogen) atoms. The number of rotatable bonds is 3. The van der Waals surface area contributed by atoms with Gasteiger partial charge >= 0.3 is 0 Å². The molecular weight excluding hydrogens is 246 g/mol. The van der Waals surface area contributed by atoms with Gasteiger partial charge in [-0.05, 0) is 25.8 Å². The minimum atomic E-state index is -0.0546. The Bertz CT molecular complexity index is 408. The molecule has 1 fully saturated rings. The predicted molar refractivity (Wildman–Crippen MR) is 77.4 cm³/mol. The van der Waals surface area contributed by atoms with Gasteiger partial charge in [0.1, 0.15) is 4.88 Å². The number of nitrogens with one attached hydrogen (secondary N) is 1. The van der Waals surface area contributed by atoms with Gasteiger partial charge in [0, 0.05) is 19.6 Å². The lowest BCUT2D eigenvalue weighted by Crippen LogP contribution is -2.23. The summed E-state index contributed by atoms with van der Waals surface area (Å²) in [6.07, 6.45) is 5.07. The van der Waals surface area contributed by atoms with Gasteiger partial charge in [-0.3, -0.25) is 4.79 Å². The minimum absolute atomic E-state index is 0.0546. The molecule has 0 bridgehead atoms. The summed E-state index contributed by atoms with van der Waals surface area (Å²) in [5.41, 5.74) is 6.54. The molecule has 0 unspecified atom stereocenters. The predicted octanol–water partition coefficient (Wildman–Crippen LogP) is 2.46. The molecular formula is C13H21N3OS. The SMILES string of the molecule is CCNC(=O)c1sc(N2CCCCCC2)cc1N. The maximum Gasteiger partial charge on any atom is 0.263 e. The summed E-state index contributed by atoms with van der Waals surface area (Å²) in [5.74, 6) is -0.0546. The average Bonchev–Trinajstić information content (AvgIpc) is 2.58. The molecule has 1 aromatic heterocycles. The zero-order valence-electron chi connectivity index (χ0n) is 10.9. The molecule has 2 rings (SSSR count). The van der Waals surface area contributed by atoms with Gasteiger partial charge in [-0.1, -0.05) is 12.8 Å². The van der Waals surface area contributed by atoms with Crippen molar-refractivity contribution in [2.75, 3.05) is 30.3 Å². The molecule has 1 saturated heterocycles. The van der Waals surface area contributed by atoms with Crippen molar-refractivity contribution >= 4 is 27.9 Å². The first-order valence-corrected chi connectivity index (χ1v) is 7.46. The van der Waals surface area contributed by atoms with Crippen molar-refractivity contribution in [3.8, 4) is 0 Å². The van der Waals surface area contributed by atoms with Crippen molar-refractivity contribution in [3.05, 3.63) is 10.9 Å². The number of nitrogen functional groups attached to an aromatic ring is 1. The summed E-state index contributed by atoms with van der Waals surface area (Å²) >= 11 is 1.51. The van der Waals surface area contributed by atoms with Crippen LogP contribution >= 0.6 is 11.3 Å². The molecule has 0 aliphatic carbocycles. The van der Waals surface area contributed by atoms with E-state index in [9.17, 15) is 4.79 Å². The van der Waals surface area contributed by atoms with Gasteiger partial charge < -0.3 is 16.0 Å². The fourth-order valence-corrected chi connectivity index (χ4v) is 3.31. The summed E-state index contributed by atoms with van der Waals surface area (Å²) < 4.78 is 0. The Kier molecular flexibility index (Phi) is 4.47. The first kappa shape index (κ1) is 13.2. The molecule has 0 atom stereocenters. The number of anilines is 2. The number of carbonyl (C=O) groups is 1. The van der Waals surface area contributed by atoms with E-state index in [0.717, 1.165) is 18.1 Å². The van der Waals surface area contributed by atoms with Crippen molar-refractivity contribution < 1.29 is 4.79 Å². The zero-order chi connectivity index (χ0) is 13.0. The first-order valence-electron chi connectivity index (χ1n) is 6.65. The van der Waals surface area contributed by atoms with E-state index in [2.05, 4.69) is 10.2 Å². The molecule has 100 valence electrons. The van der Waals surface area contributed by atoms with Crippen LogP contribution in [0.3, 0.4) is 0 Å². The molecule has 2 heterocycles. The van der Waals surface area contributed by atoms with E-state index in [0.29, 0.717) is 17.1 Å². The van der Waals surface area contributed by atoms with Crippen molar-refractivity contribution in [3.63, 3.8) is 0 Å². The Hall–Kier alpha value is -1.23. The van der Waals surface area contributed by atoms with E-state index in [-0.39, 0.29) is 5.91 Å². The summed E-state index contributed by atoms with van der Waals surface area (Å²) in [5, 5.41) is 3.94. The molecule has 5 heteroatoms. The molecule has 0 spiro atoms. The second kappa shape index (κ2) is 6.09. The Labute approximate surface area is 112 Å². The van der Waals surface area contributed by atoms with E-state index in [1.54, 1.807) is 0 Å². The summed E-state index contributed by atoms with van der Waals surface area (Å²) in [7, 11) is 0. The van der Waals surface area contributed by atoms with E-state index in [4.69, 9.17) is 5.73 Å². The van der Waals surface area contributed by atoms with Crippen LogP contribution in [0, 0.1) is 0 Å². The Balaban J connectivity index is 2.14. The maximum atomic E-state index is 11.8. The lowest BCUT2D eigenvalue weighted by Gasteiger charge is -2.19. The van der Waals surface area contributed by atoms with Crippen LogP contribution in [-0.4, -0.2) is 25.5 Å². The molecule has 1 aromatic rings. The second-order valence-electron chi connectivity index (χ2n) is 4.63. The van der Waals surface area contributed by atoms with Gasteiger partial charge in [0.05, 0.1) is 10.7 Å². The van der Waals surface area contributed by atoms with Gasteiger partial charge in [0.2, 0.25) is 0 Å². The van der Waals surface area contributed by atoms with Gasteiger partial charge in [0.15, 0.2) is 0 Å². The second-order valence-corrected chi connectivity index (χ2v) is 5.66. The lowest BCUT2D eigenvalue weighted by molar-refractivity contribution is 0.0960. The molecule has 0 radical (unpaired) electrons. The zero-order valence-corrected chi connectivity index (χ0v) is 11.7. The molecule has 1 aliphatic heterocycles. The van der Waals surface area contributed by atoms with Crippen LogP contribution in [0.25, 0.3) is 0 Å². The maximum absolute atomic E-state index is 11.8. The average molecular weight is 267 g/mol. The van der Waals surface area contributed by atoms with Crippen LogP contribution in [0.4, 0.5) is 10.7 Å². The highest BCUT2D eigenvalue weighted by atomic mass is 32.1. The third-order valence-corrected chi connectivity index (χ3v) is 4.42. The van der Waals surface area contributed by atoms with Crippen LogP contribution in [0.15, 0.2) is 6.07 Å². The van der Waals surface area contributed by atoms with Crippen LogP contribution < -0.4 is 16.0 Å². The number of hydrogen-bond acceptors (Lipinski definition) is 4. The van der Waals surface area contributed by atoms with Gasteiger partial charge in [0.25, 0.3) is 5.91 Å². The molecule has 3 N–H and O–H groups in total. The van der Waals surface area contributed by atoms with Crippen molar-refractivity contribution in [1.29, 1.82) is 0 Å². The number of thiophene rings is 1. The fourth-order valence-electron chi connectivity index (χ4n) is 2.26. The number of carbonyl (C=O) groups excluding carboxylic acids is 1. The third-order valence-electron chi connectivity index (χ3n) is 3.21. The van der Waals surface area contributed by atoms with Gasteiger partial charge in [-0.15, -0.1) is 11.3 Å². The number of nitrogens with two attached hydrogens (primary N) is 1. The Morgan fingerprint density at radius 2 is 2.06 bits per heavy atom. The highest BCUT2D eigenvalue weighted by molar-refractivity contribution is 7.18. The van der Waals surface area contributed by atoms with Crippen molar-refractivity contribution in [2.24, 2.45) is 0 Å². The normalized spacial score (nSPS) is 16.4. The van der Waals surface area contributed by atoms with Gasteiger partial charge in [-0.25, -0.2) is 0 Å². The number of nitrogens with zero attached hydrogens (tertiary/aromatic N) is 1.